The van der Waals surface area contributed by atoms with Crippen LogP contribution in [-0.4, -0.2) is 31.7 Å². The molecule has 1 N–H and O–H groups in total. The van der Waals surface area contributed by atoms with E-state index in [1.165, 1.54) is 0 Å². The van der Waals surface area contributed by atoms with Crippen LogP contribution in [0, 0.1) is 6.92 Å². The molecule has 1 atom stereocenters. The highest BCUT2D eigenvalue weighted by atomic mass is 32.1. The molecule has 3 heterocycles. The average Bonchev–Trinajstić information content (AvgIpc) is 3.13. The van der Waals surface area contributed by atoms with Crippen molar-refractivity contribution in [3.8, 4) is 0 Å². The van der Waals surface area contributed by atoms with Crippen LogP contribution in [0.3, 0.4) is 0 Å². The molecule has 1 aliphatic heterocycles. The maximum Gasteiger partial charge on any atom is 0.251 e. The highest BCUT2D eigenvalue weighted by Gasteiger charge is 2.23. The molecule has 0 fully saturated rings. The van der Waals surface area contributed by atoms with Crippen molar-refractivity contribution in [2.45, 2.75) is 32.4 Å². The third kappa shape index (κ3) is 2.27. The minimum Gasteiger partial charge on any atom is -0.347 e. The zero-order chi connectivity index (χ0) is 15.1. The summed E-state index contributed by atoms with van der Waals surface area (Å²) in [5, 5.41) is 11.4. The van der Waals surface area contributed by atoms with E-state index in [0.29, 0.717) is 5.56 Å². The van der Waals surface area contributed by atoms with Crippen LogP contribution in [0.1, 0.15) is 28.4 Å². The van der Waals surface area contributed by atoms with Gasteiger partial charge in [0.15, 0.2) is 0 Å². The SMILES string of the molecule is Cc1nnc2n1CC(NC(=O)c1ccc3ncsc3c1)CC2. The number of carbonyl (C=O) groups excluding carboxylic acids is 1. The normalized spacial score (nSPS) is 17.4. The number of carbonyl (C=O) groups is 1. The van der Waals surface area contributed by atoms with Gasteiger partial charge in [0.1, 0.15) is 11.6 Å². The van der Waals surface area contributed by atoms with Crippen LogP contribution in [0.2, 0.25) is 0 Å². The summed E-state index contributed by atoms with van der Waals surface area (Å²) in [7, 11) is 0. The third-order valence-electron chi connectivity index (χ3n) is 4.06. The Balaban J connectivity index is 1.51. The van der Waals surface area contributed by atoms with Gasteiger partial charge in [-0.05, 0) is 31.5 Å². The van der Waals surface area contributed by atoms with Crippen LogP contribution in [-0.2, 0) is 13.0 Å². The fourth-order valence-corrected chi connectivity index (χ4v) is 3.56. The number of hydrogen-bond donors (Lipinski definition) is 1. The minimum absolute atomic E-state index is 0.0329. The van der Waals surface area contributed by atoms with Gasteiger partial charge in [-0.3, -0.25) is 4.79 Å². The summed E-state index contributed by atoms with van der Waals surface area (Å²) in [5.41, 5.74) is 3.41. The number of benzene rings is 1. The van der Waals surface area contributed by atoms with E-state index in [-0.39, 0.29) is 11.9 Å². The van der Waals surface area contributed by atoms with Crippen molar-refractivity contribution in [3.63, 3.8) is 0 Å². The van der Waals surface area contributed by atoms with Gasteiger partial charge in [-0.25, -0.2) is 4.98 Å². The highest BCUT2D eigenvalue weighted by Crippen LogP contribution is 2.20. The molecule has 0 radical (unpaired) electrons. The summed E-state index contributed by atoms with van der Waals surface area (Å²) in [6, 6.07) is 5.74. The number of nitrogens with zero attached hydrogens (tertiary/aromatic N) is 4. The molecule has 1 unspecified atom stereocenters. The molecule has 3 aromatic rings. The fraction of sp³-hybridized carbons (Fsp3) is 0.333. The fourth-order valence-electron chi connectivity index (χ4n) is 2.85. The van der Waals surface area contributed by atoms with Gasteiger partial charge in [-0.1, -0.05) is 0 Å². The number of aryl methyl sites for hydroxylation is 2. The Morgan fingerprint density at radius 1 is 1.41 bits per heavy atom. The number of nitrogens with one attached hydrogen (secondary N) is 1. The van der Waals surface area contributed by atoms with Gasteiger partial charge in [-0.2, -0.15) is 0 Å². The number of amides is 1. The zero-order valence-electron chi connectivity index (χ0n) is 12.1. The van der Waals surface area contributed by atoms with E-state index >= 15 is 0 Å². The molecule has 1 aliphatic rings. The van der Waals surface area contributed by atoms with E-state index in [4.69, 9.17) is 0 Å². The van der Waals surface area contributed by atoms with Crippen LogP contribution in [0.15, 0.2) is 23.7 Å². The molecule has 2 aromatic heterocycles. The third-order valence-corrected chi connectivity index (χ3v) is 4.85. The van der Waals surface area contributed by atoms with Crippen molar-refractivity contribution in [3.05, 3.63) is 40.9 Å². The number of hydrogen-bond acceptors (Lipinski definition) is 5. The molecule has 0 saturated heterocycles. The van der Waals surface area contributed by atoms with Crippen molar-refractivity contribution < 1.29 is 4.79 Å². The Hall–Kier alpha value is -2.28. The van der Waals surface area contributed by atoms with Gasteiger partial charge in [0.05, 0.1) is 15.7 Å². The molecule has 6 nitrogen and oxygen atoms in total. The Labute approximate surface area is 131 Å². The second-order valence-electron chi connectivity index (χ2n) is 5.52. The molecule has 7 heteroatoms. The molecule has 22 heavy (non-hydrogen) atoms. The summed E-state index contributed by atoms with van der Waals surface area (Å²) in [5.74, 6) is 1.88. The molecular formula is C15H15N5OS. The maximum atomic E-state index is 12.4. The molecule has 112 valence electrons. The molecule has 0 spiro atoms. The summed E-state index contributed by atoms with van der Waals surface area (Å²) in [6.45, 7) is 2.68. The molecule has 1 aromatic carbocycles. The van der Waals surface area contributed by atoms with Crippen LogP contribution in [0.5, 0.6) is 0 Å². The van der Waals surface area contributed by atoms with Crippen LogP contribution >= 0.6 is 11.3 Å². The quantitative estimate of drug-likeness (QED) is 0.785. The lowest BCUT2D eigenvalue weighted by Gasteiger charge is -2.24. The topological polar surface area (TPSA) is 72.7 Å². The van der Waals surface area contributed by atoms with Crippen LogP contribution in [0.4, 0.5) is 0 Å². The predicted octanol–water partition coefficient (Wildman–Crippen LogP) is 1.94. The predicted molar refractivity (Wildman–Crippen MR) is 84.0 cm³/mol. The van der Waals surface area contributed by atoms with E-state index in [1.807, 2.05) is 25.1 Å². The maximum absolute atomic E-state index is 12.4. The first kappa shape index (κ1) is 13.4. The summed E-state index contributed by atoms with van der Waals surface area (Å²) in [6.07, 6.45) is 1.74. The molecule has 0 bridgehead atoms. The zero-order valence-corrected chi connectivity index (χ0v) is 12.9. The Bertz CT molecular complexity index is 853. The number of rotatable bonds is 2. The van der Waals surface area contributed by atoms with E-state index in [0.717, 1.165) is 41.3 Å². The van der Waals surface area contributed by atoms with Crippen molar-refractivity contribution in [1.82, 2.24) is 25.1 Å². The highest BCUT2D eigenvalue weighted by molar-refractivity contribution is 7.16. The van der Waals surface area contributed by atoms with Gasteiger partial charge in [-0.15, -0.1) is 21.5 Å². The van der Waals surface area contributed by atoms with Gasteiger partial charge >= 0.3 is 0 Å². The second kappa shape index (κ2) is 5.17. The van der Waals surface area contributed by atoms with Crippen molar-refractivity contribution in [2.24, 2.45) is 0 Å². The first-order valence-corrected chi connectivity index (χ1v) is 8.11. The average molecular weight is 313 g/mol. The van der Waals surface area contributed by atoms with E-state index < -0.39 is 0 Å². The Morgan fingerprint density at radius 3 is 3.23 bits per heavy atom. The lowest BCUT2D eigenvalue weighted by atomic mass is 10.1. The first-order chi connectivity index (χ1) is 10.7. The molecule has 1 amide bonds. The van der Waals surface area contributed by atoms with Crippen LogP contribution < -0.4 is 5.32 Å². The summed E-state index contributed by atoms with van der Waals surface area (Å²) < 4.78 is 3.12. The number of thiazole rings is 1. The lowest BCUT2D eigenvalue weighted by molar-refractivity contribution is 0.0927. The van der Waals surface area contributed by atoms with Crippen LogP contribution in [0.25, 0.3) is 10.2 Å². The van der Waals surface area contributed by atoms with Gasteiger partial charge in [0.2, 0.25) is 0 Å². The van der Waals surface area contributed by atoms with Crippen molar-refractivity contribution in [2.75, 3.05) is 0 Å². The van der Waals surface area contributed by atoms with E-state index in [9.17, 15) is 4.79 Å². The molecule has 0 aliphatic carbocycles. The lowest BCUT2D eigenvalue weighted by Crippen LogP contribution is -2.41. The van der Waals surface area contributed by atoms with Gasteiger partial charge in [0, 0.05) is 24.6 Å². The smallest absolute Gasteiger partial charge is 0.251 e. The Kier molecular flexibility index (Phi) is 3.15. The van der Waals surface area contributed by atoms with Crippen molar-refractivity contribution in [1.29, 1.82) is 0 Å². The summed E-state index contributed by atoms with van der Waals surface area (Å²) in [4.78, 5) is 16.7. The number of aromatic nitrogens is 4. The molecular weight excluding hydrogens is 298 g/mol. The van der Waals surface area contributed by atoms with Crippen molar-refractivity contribution >= 4 is 27.5 Å². The summed E-state index contributed by atoms with van der Waals surface area (Å²) >= 11 is 1.55. The standard InChI is InChI=1S/C15H15N5OS/c1-9-18-19-14-5-3-11(7-20(9)14)17-15(21)10-2-4-12-13(6-10)22-8-16-12/h2,4,6,8,11H,3,5,7H2,1H3,(H,17,21). The minimum atomic E-state index is -0.0329. The largest absolute Gasteiger partial charge is 0.347 e. The van der Waals surface area contributed by atoms with E-state index in [1.54, 1.807) is 16.8 Å². The van der Waals surface area contributed by atoms with Gasteiger partial charge in [0.25, 0.3) is 5.91 Å². The molecule has 4 rings (SSSR count). The van der Waals surface area contributed by atoms with E-state index in [2.05, 4.69) is 25.1 Å². The first-order valence-electron chi connectivity index (χ1n) is 7.23. The Morgan fingerprint density at radius 2 is 2.32 bits per heavy atom. The van der Waals surface area contributed by atoms with Gasteiger partial charge < -0.3 is 9.88 Å². The number of fused-ring (bicyclic) bond motifs is 2. The second-order valence-corrected chi connectivity index (χ2v) is 6.40. The monoisotopic (exact) mass is 313 g/mol. The molecule has 0 saturated carbocycles.